The van der Waals surface area contributed by atoms with Crippen molar-refractivity contribution in [3.05, 3.63) is 40.7 Å². The summed E-state index contributed by atoms with van der Waals surface area (Å²) in [5.41, 5.74) is 6.71. The fourth-order valence-corrected chi connectivity index (χ4v) is 1.74. The minimum Gasteiger partial charge on any atom is -0.368 e. The smallest absolute Gasteiger partial charge is 0.218 e. The molecule has 2 rings (SSSR count). The number of anilines is 1. The third kappa shape index (κ3) is 2.33. The van der Waals surface area contributed by atoms with Gasteiger partial charge in [-0.15, -0.1) is 0 Å². The monoisotopic (exact) mass is 236 g/mol. The van der Waals surface area contributed by atoms with Crippen LogP contribution in [0.5, 0.6) is 0 Å². The number of benzene rings is 1. The van der Waals surface area contributed by atoms with Gasteiger partial charge in [0.2, 0.25) is 5.95 Å². The molecule has 0 amide bonds. The second-order valence-corrected chi connectivity index (χ2v) is 4.01. The van der Waals surface area contributed by atoms with E-state index in [4.69, 9.17) is 17.3 Å². The van der Waals surface area contributed by atoms with E-state index in [0.717, 1.165) is 29.3 Å². The second-order valence-electron chi connectivity index (χ2n) is 3.60. The van der Waals surface area contributed by atoms with Crippen molar-refractivity contribution in [3.63, 3.8) is 0 Å². The summed E-state index contributed by atoms with van der Waals surface area (Å²) in [5, 5.41) is 4.98. The highest BCUT2D eigenvalue weighted by atomic mass is 35.5. The summed E-state index contributed by atoms with van der Waals surface area (Å²) in [6.07, 6.45) is 1.57. The van der Waals surface area contributed by atoms with Gasteiger partial charge in [0.05, 0.1) is 0 Å². The number of rotatable bonds is 3. The molecule has 0 aliphatic heterocycles. The Morgan fingerprint density at radius 2 is 2.06 bits per heavy atom. The minimum absolute atomic E-state index is 0.439. The molecule has 0 unspecified atom stereocenters. The first-order valence-electron chi connectivity index (χ1n) is 5.05. The lowest BCUT2D eigenvalue weighted by atomic mass is 10.1. The summed E-state index contributed by atoms with van der Waals surface area (Å²) < 4.78 is 1.57. The lowest BCUT2D eigenvalue weighted by Gasteiger charge is -2.00. The van der Waals surface area contributed by atoms with Crippen LogP contribution < -0.4 is 5.73 Å². The van der Waals surface area contributed by atoms with Crippen LogP contribution in [0.25, 0.3) is 0 Å². The summed E-state index contributed by atoms with van der Waals surface area (Å²) in [6.45, 7) is 0. The van der Waals surface area contributed by atoms with Gasteiger partial charge in [-0.25, -0.2) is 4.68 Å². The van der Waals surface area contributed by atoms with Gasteiger partial charge in [0.25, 0.3) is 0 Å². The standard InChI is InChI=1S/C11H13ClN4/c1-16-11(13)14-10(15-16)7-6-8-4-2-3-5-9(8)12/h2-5H,6-7H2,1H3,(H2,13,14,15). The number of hydrogen-bond acceptors (Lipinski definition) is 3. The molecule has 2 aromatic rings. The number of nitrogens with two attached hydrogens (primary N) is 1. The van der Waals surface area contributed by atoms with Crippen molar-refractivity contribution in [2.45, 2.75) is 12.8 Å². The Hall–Kier alpha value is -1.55. The first-order chi connectivity index (χ1) is 7.66. The summed E-state index contributed by atoms with van der Waals surface area (Å²) in [6, 6.07) is 7.79. The average Bonchev–Trinajstić information content (AvgIpc) is 2.57. The molecule has 16 heavy (non-hydrogen) atoms. The predicted octanol–water partition coefficient (Wildman–Crippen LogP) is 1.84. The molecule has 0 atom stereocenters. The molecule has 4 nitrogen and oxygen atoms in total. The van der Waals surface area contributed by atoms with Crippen molar-refractivity contribution in [2.75, 3.05) is 5.73 Å². The number of nitrogen functional groups attached to an aromatic ring is 1. The zero-order valence-electron chi connectivity index (χ0n) is 9.02. The van der Waals surface area contributed by atoms with E-state index < -0.39 is 0 Å². The molecule has 0 radical (unpaired) electrons. The Kier molecular flexibility index (Phi) is 3.10. The van der Waals surface area contributed by atoms with E-state index in [1.165, 1.54) is 0 Å². The van der Waals surface area contributed by atoms with Crippen LogP contribution in [-0.4, -0.2) is 14.8 Å². The molecule has 0 spiro atoms. The van der Waals surface area contributed by atoms with Crippen molar-refractivity contribution in [2.24, 2.45) is 7.05 Å². The van der Waals surface area contributed by atoms with E-state index >= 15 is 0 Å². The fourth-order valence-electron chi connectivity index (χ4n) is 1.50. The van der Waals surface area contributed by atoms with Gasteiger partial charge in [0.1, 0.15) is 0 Å². The van der Waals surface area contributed by atoms with Gasteiger partial charge in [0.15, 0.2) is 5.82 Å². The Morgan fingerprint density at radius 1 is 1.31 bits per heavy atom. The Morgan fingerprint density at radius 3 is 2.69 bits per heavy atom. The lowest BCUT2D eigenvalue weighted by Crippen LogP contribution is -1.98. The van der Waals surface area contributed by atoms with E-state index in [2.05, 4.69) is 10.1 Å². The molecule has 0 saturated carbocycles. The molecule has 1 aromatic carbocycles. The average molecular weight is 237 g/mol. The zero-order chi connectivity index (χ0) is 11.5. The molecule has 2 N–H and O–H groups in total. The normalized spacial score (nSPS) is 10.6. The molecule has 1 heterocycles. The van der Waals surface area contributed by atoms with Crippen LogP contribution in [0.2, 0.25) is 5.02 Å². The van der Waals surface area contributed by atoms with Gasteiger partial charge in [-0.2, -0.15) is 10.1 Å². The number of nitrogens with zero attached hydrogens (tertiary/aromatic N) is 3. The molecule has 0 saturated heterocycles. The van der Waals surface area contributed by atoms with E-state index in [1.54, 1.807) is 11.7 Å². The topological polar surface area (TPSA) is 56.7 Å². The highest BCUT2D eigenvalue weighted by Crippen LogP contribution is 2.16. The van der Waals surface area contributed by atoms with E-state index in [9.17, 15) is 0 Å². The van der Waals surface area contributed by atoms with Crippen LogP contribution in [-0.2, 0) is 19.9 Å². The van der Waals surface area contributed by atoms with Crippen molar-refractivity contribution < 1.29 is 0 Å². The Bertz CT molecular complexity index is 473. The lowest BCUT2D eigenvalue weighted by molar-refractivity contribution is 0.744. The third-order valence-corrected chi connectivity index (χ3v) is 2.79. The molecular weight excluding hydrogens is 224 g/mol. The van der Waals surface area contributed by atoms with Gasteiger partial charge < -0.3 is 5.73 Å². The van der Waals surface area contributed by atoms with Gasteiger partial charge in [0, 0.05) is 18.5 Å². The van der Waals surface area contributed by atoms with Crippen molar-refractivity contribution in [1.29, 1.82) is 0 Å². The first-order valence-corrected chi connectivity index (χ1v) is 5.43. The van der Waals surface area contributed by atoms with Crippen molar-refractivity contribution >= 4 is 17.5 Å². The maximum Gasteiger partial charge on any atom is 0.218 e. The SMILES string of the molecule is Cn1nc(CCc2ccccc2Cl)nc1N. The molecule has 5 heteroatoms. The number of halogens is 1. The van der Waals surface area contributed by atoms with Crippen LogP contribution >= 0.6 is 11.6 Å². The quantitative estimate of drug-likeness (QED) is 0.885. The molecule has 0 bridgehead atoms. The summed E-state index contributed by atoms with van der Waals surface area (Å²) in [7, 11) is 1.78. The number of aryl methyl sites for hydroxylation is 3. The number of hydrogen-bond donors (Lipinski definition) is 1. The van der Waals surface area contributed by atoms with E-state index in [-0.39, 0.29) is 0 Å². The molecule has 84 valence electrons. The Balaban J connectivity index is 2.05. The molecule has 0 aliphatic carbocycles. The fraction of sp³-hybridized carbons (Fsp3) is 0.273. The van der Waals surface area contributed by atoms with Crippen molar-refractivity contribution in [1.82, 2.24) is 14.8 Å². The maximum absolute atomic E-state index is 6.06. The number of aromatic nitrogens is 3. The van der Waals surface area contributed by atoms with Gasteiger partial charge in [-0.3, -0.25) is 0 Å². The molecule has 1 aromatic heterocycles. The maximum atomic E-state index is 6.06. The van der Waals surface area contributed by atoms with Gasteiger partial charge in [-0.1, -0.05) is 29.8 Å². The highest BCUT2D eigenvalue weighted by molar-refractivity contribution is 6.31. The summed E-state index contributed by atoms with van der Waals surface area (Å²) in [4.78, 5) is 4.14. The third-order valence-electron chi connectivity index (χ3n) is 2.42. The Labute approximate surface area is 99.1 Å². The molecule has 0 fully saturated rings. The van der Waals surface area contributed by atoms with Crippen LogP contribution in [0.4, 0.5) is 5.95 Å². The second kappa shape index (κ2) is 4.53. The van der Waals surface area contributed by atoms with Crippen LogP contribution in [0.3, 0.4) is 0 Å². The predicted molar refractivity (Wildman–Crippen MR) is 64.3 cm³/mol. The van der Waals surface area contributed by atoms with Crippen LogP contribution in [0.15, 0.2) is 24.3 Å². The first kappa shape index (κ1) is 11.0. The van der Waals surface area contributed by atoms with Crippen molar-refractivity contribution in [3.8, 4) is 0 Å². The van der Waals surface area contributed by atoms with E-state index in [1.807, 2.05) is 24.3 Å². The summed E-state index contributed by atoms with van der Waals surface area (Å²) >= 11 is 6.06. The van der Waals surface area contributed by atoms with Gasteiger partial charge in [-0.05, 0) is 18.1 Å². The van der Waals surface area contributed by atoms with Crippen LogP contribution in [0, 0.1) is 0 Å². The van der Waals surface area contributed by atoms with Gasteiger partial charge >= 0.3 is 0 Å². The minimum atomic E-state index is 0.439. The molecular formula is C11H13ClN4. The molecule has 0 aliphatic rings. The van der Waals surface area contributed by atoms with Crippen LogP contribution in [0.1, 0.15) is 11.4 Å². The zero-order valence-corrected chi connectivity index (χ0v) is 9.78. The largest absolute Gasteiger partial charge is 0.368 e. The summed E-state index contributed by atoms with van der Waals surface area (Å²) in [5.74, 6) is 1.19. The van der Waals surface area contributed by atoms with E-state index in [0.29, 0.717) is 5.95 Å². The highest BCUT2D eigenvalue weighted by Gasteiger charge is 2.05.